The molecule has 102 valence electrons. The Balaban J connectivity index is 2.13. The van der Waals surface area contributed by atoms with Crippen LogP contribution in [0.25, 0.3) is 10.9 Å². The number of rotatable bonds is 3. The van der Waals surface area contributed by atoms with E-state index < -0.39 is 16.7 Å². The van der Waals surface area contributed by atoms with Crippen LogP contribution < -0.4 is 5.32 Å². The Morgan fingerprint density at radius 3 is 2.89 bits per heavy atom. The molecule has 1 aromatic heterocycles. The molecule has 1 amide bonds. The van der Waals surface area contributed by atoms with E-state index >= 15 is 0 Å². The van der Waals surface area contributed by atoms with Crippen LogP contribution in [0, 0.1) is 0 Å². The van der Waals surface area contributed by atoms with Crippen molar-refractivity contribution in [1.82, 2.24) is 10.2 Å². The normalized spacial score (nSPS) is 13.5. The van der Waals surface area contributed by atoms with E-state index in [1.54, 1.807) is 24.4 Å². The van der Waals surface area contributed by atoms with Crippen molar-refractivity contribution in [3.63, 3.8) is 0 Å². The molecular formula is C11H10F3N3OS. The monoisotopic (exact) mass is 289 g/mol. The molecule has 19 heavy (non-hydrogen) atoms. The summed E-state index contributed by atoms with van der Waals surface area (Å²) in [5.74, 6) is -0.704. The van der Waals surface area contributed by atoms with Gasteiger partial charge in [-0.15, -0.1) is 0 Å². The highest BCUT2D eigenvalue weighted by Crippen LogP contribution is 2.34. The molecule has 0 aliphatic carbocycles. The van der Waals surface area contributed by atoms with Crippen molar-refractivity contribution in [3.8, 4) is 0 Å². The number of hydrogen-bond donors (Lipinski definition) is 2. The average molecular weight is 289 g/mol. The molecule has 0 aliphatic rings. The van der Waals surface area contributed by atoms with Crippen LogP contribution in [-0.4, -0.2) is 26.9 Å². The second-order valence-corrected chi connectivity index (χ2v) is 5.24. The number of aromatic nitrogens is 2. The van der Waals surface area contributed by atoms with Gasteiger partial charge in [-0.05, 0) is 24.8 Å². The molecule has 2 aromatic rings. The van der Waals surface area contributed by atoms with Gasteiger partial charge in [0, 0.05) is 5.39 Å². The molecule has 1 atom stereocenters. The number of amides is 1. The van der Waals surface area contributed by atoms with E-state index in [9.17, 15) is 18.0 Å². The molecular weight excluding hydrogens is 279 g/mol. The lowest BCUT2D eigenvalue weighted by atomic mass is 10.2. The third-order valence-corrected chi connectivity index (χ3v) is 3.25. The molecule has 1 aromatic carbocycles. The molecule has 0 aliphatic heterocycles. The quantitative estimate of drug-likeness (QED) is 0.912. The summed E-state index contributed by atoms with van der Waals surface area (Å²) in [5, 5.41) is 8.51. The van der Waals surface area contributed by atoms with Crippen LogP contribution in [0.3, 0.4) is 0 Å². The second-order valence-electron chi connectivity index (χ2n) is 3.83. The topological polar surface area (TPSA) is 57.8 Å². The number of thioether (sulfide) groups is 1. The van der Waals surface area contributed by atoms with Gasteiger partial charge in [-0.25, -0.2) is 0 Å². The number of H-pyrrole nitrogens is 1. The summed E-state index contributed by atoms with van der Waals surface area (Å²) in [6.07, 6.45) is 1.57. The van der Waals surface area contributed by atoms with Crippen LogP contribution in [0.4, 0.5) is 18.9 Å². The van der Waals surface area contributed by atoms with Gasteiger partial charge < -0.3 is 5.32 Å². The lowest BCUT2D eigenvalue weighted by molar-refractivity contribution is -0.115. The fourth-order valence-electron chi connectivity index (χ4n) is 1.56. The number of fused-ring (bicyclic) bond motifs is 1. The third-order valence-electron chi connectivity index (χ3n) is 2.41. The van der Waals surface area contributed by atoms with Crippen molar-refractivity contribution in [2.75, 3.05) is 5.32 Å². The van der Waals surface area contributed by atoms with Gasteiger partial charge >= 0.3 is 5.51 Å². The molecule has 4 nitrogen and oxygen atoms in total. The number of hydrogen-bond acceptors (Lipinski definition) is 3. The minimum Gasteiger partial charge on any atom is -0.323 e. The number of anilines is 1. The van der Waals surface area contributed by atoms with Crippen LogP contribution in [0.5, 0.6) is 0 Å². The maximum atomic E-state index is 12.2. The Hall–Kier alpha value is -1.70. The number of alkyl halides is 3. The lowest BCUT2D eigenvalue weighted by Crippen LogP contribution is -2.25. The number of nitrogens with one attached hydrogen (secondary N) is 2. The molecule has 0 saturated carbocycles. The third kappa shape index (κ3) is 3.40. The first-order chi connectivity index (χ1) is 8.87. The zero-order chi connectivity index (χ0) is 14.0. The Labute approximate surface area is 110 Å². The summed E-state index contributed by atoms with van der Waals surface area (Å²) in [4.78, 5) is 11.7. The van der Waals surface area contributed by atoms with E-state index in [-0.39, 0.29) is 11.8 Å². The highest BCUT2D eigenvalue weighted by atomic mass is 32.2. The van der Waals surface area contributed by atoms with E-state index in [4.69, 9.17) is 0 Å². The van der Waals surface area contributed by atoms with Gasteiger partial charge in [0.1, 0.15) is 0 Å². The van der Waals surface area contributed by atoms with Gasteiger partial charge in [0.25, 0.3) is 0 Å². The van der Waals surface area contributed by atoms with Gasteiger partial charge in [-0.3, -0.25) is 9.89 Å². The lowest BCUT2D eigenvalue weighted by Gasteiger charge is -2.13. The molecule has 0 saturated heterocycles. The minimum atomic E-state index is -4.43. The predicted octanol–water partition coefficient (Wildman–Crippen LogP) is 3.14. The molecule has 0 bridgehead atoms. The van der Waals surface area contributed by atoms with Crippen molar-refractivity contribution in [2.45, 2.75) is 17.7 Å². The van der Waals surface area contributed by atoms with Crippen molar-refractivity contribution >= 4 is 34.3 Å². The first kappa shape index (κ1) is 13.7. The maximum absolute atomic E-state index is 12.2. The Morgan fingerprint density at radius 1 is 1.47 bits per heavy atom. The SMILES string of the molecule is CC(SC(F)(F)F)C(=O)Nc1cccc2cn[nH]c12. The number of nitrogens with zero attached hydrogens (tertiary/aromatic N) is 1. The molecule has 0 radical (unpaired) electrons. The zero-order valence-corrected chi connectivity index (χ0v) is 10.6. The van der Waals surface area contributed by atoms with Crippen LogP contribution in [0.2, 0.25) is 0 Å². The van der Waals surface area contributed by atoms with Crippen molar-refractivity contribution in [1.29, 1.82) is 0 Å². The Kier molecular flexibility index (Phi) is 3.70. The molecule has 0 fully saturated rings. The van der Waals surface area contributed by atoms with E-state index in [0.717, 1.165) is 5.39 Å². The number of carbonyl (C=O) groups excluding carboxylic acids is 1. The van der Waals surface area contributed by atoms with Crippen molar-refractivity contribution in [3.05, 3.63) is 24.4 Å². The summed E-state index contributed by atoms with van der Waals surface area (Å²) in [5.41, 5.74) is -3.44. The van der Waals surface area contributed by atoms with Crippen LogP contribution in [-0.2, 0) is 4.79 Å². The van der Waals surface area contributed by atoms with Crippen molar-refractivity contribution < 1.29 is 18.0 Å². The fraction of sp³-hybridized carbons (Fsp3) is 0.273. The van der Waals surface area contributed by atoms with Gasteiger partial charge in [0.05, 0.1) is 22.7 Å². The van der Waals surface area contributed by atoms with Crippen LogP contribution in [0.1, 0.15) is 6.92 Å². The Morgan fingerprint density at radius 2 is 2.21 bits per heavy atom. The molecule has 2 rings (SSSR count). The highest BCUT2D eigenvalue weighted by Gasteiger charge is 2.34. The number of carbonyl (C=O) groups is 1. The van der Waals surface area contributed by atoms with Crippen LogP contribution >= 0.6 is 11.8 Å². The smallest absolute Gasteiger partial charge is 0.323 e. The first-order valence-corrected chi connectivity index (χ1v) is 6.22. The van der Waals surface area contributed by atoms with E-state index in [1.807, 2.05) is 0 Å². The summed E-state index contributed by atoms with van der Waals surface area (Å²) in [7, 11) is 0. The zero-order valence-electron chi connectivity index (χ0n) is 9.78. The Bertz CT molecular complexity index is 596. The maximum Gasteiger partial charge on any atom is 0.442 e. The summed E-state index contributed by atoms with van der Waals surface area (Å²) >= 11 is -0.346. The predicted molar refractivity (Wildman–Crippen MR) is 67.8 cm³/mol. The number of halogens is 3. The van der Waals surface area contributed by atoms with Gasteiger partial charge in [-0.2, -0.15) is 18.3 Å². The van der Waals surface area contributed by atoms with E-state index in [2.05, 4.69) is 15.5 Å². The van der Waals surface area contributed by atoms with Gasteiger partial charge in [-0.1, -0.05) is 12.1 Å². The summed E-state index contributed by atoms with van der Waals surface area (Å²) in [6.45, 7) is 1.21. The second kappa shape index (κ2) is 5.12. The van der Waals surface area contributed by atoms with Gasteiger partial charge in [0.2, 0.25) is 5.91 Å². The fourth-order valence-corrected chi connectivity index (χ4v) is 2.13. The van der Waals surface area contributed by atoms with Crippen LogP contribution in [0.15, 0.2) is 24.4 Å². The number of para-hydroxylation sites is 1. The molecule has 8 heteroatoms. The standard InChI is InChI=1S/C11H10F3N3OS/c1-6(19-11(12,13)14)10(18)16-8-4-2-3-7-5-15-17-9(7)8/h2-6H,1H3,(H,15,17)(H,16,18). The molecule has 1 heterocycles. The van der Waals surface area contributed by atoms with E-state index in [0.29, 0.717) is 11.2 Å². The number of benzene rings is 1. The molecule has 0 spiro atoms. The molecule has 1 unspecified atom stereocenters. The summed E-state index contributed by atoms with van der Waals surface area (Å²) in [6, 6.07) is 5.07. The van der Waals surface area contributed by atoms with E-state index in [1.165, 1.54) is 6.92 Å². The minimum absolute atomic E-state index is 0.346. The van der Waals surface area contributed by atoms with Gasteiger partial charge in [0.15, 0.2) is 0 Å². The summed E-state index contributed by atoms with van der Waals surface area (Å²) < 4.78 is 36.5. The highest BCUT2D eigenvalue weighted by molar-refractivity contribution is 8.01. The number of aromatic amines is 1. The first-order valence-electron chi connectivity index (χ1n) is 5.34. The average Bonchev–Trinajstić information content (AvgIpc) is 2.75. The molecule has 2 N–H and O–H groups in total. The van der Waals surface area contributed by atoms with Crippen molar-refractivity contribution in [2.24, 2.45) is 0 Å². The largest absolute Gasteiger partial charge is 0.442 e.